The fourth-order valence-corrected chi connectivity index (χ4v) is 4.32. The Morgan fingerprint density at radius 2 is 1.81 bits per heavy atom. The second-order valence-electron chi connectivity index (χ2n) is 8.11. The highest BCUT2D eigenvalue weighted by atomic mass is 32.2. The van der Waals surface area contributed by atoms with Crippen LogP contribution >= 0.6 is 11.8 Å². The molecule has 6 heteroatoms. The maximum Gasteiger partial charge on any atom is 0.127 e. The van der Waals surface area contributed by atoms with E-state index < -0.39 is 0 Å². The fraction of sp³-hybridized carbons (Fsp3) is 0.346. The normalized spacial score (nSPS) is 14.4. The molecule has 0 unspecified atom stereocenters. The van der Waals surface area contributed by atoms with Gasteiger partial charge in [-0.15, -0.1) is 11.8 Å². The van der Waals surface area contributed by atoms with E-state index in [9.17, 15) is 5.11 Å². The molecular formula is C26H31N3O2S. The van der Waals surface area contributed by atoms with E-state index in [0.29, 0.717) is 0 Å². The second-order valence-corrected chi connectivity index (χ2v) is 8.99. The minimum Gasteiger partial charge on any atom is -0.507 e. The van der Waals surface area contributed by atoms with Gasteiger partial charge in [-0.1, -0.05) is 23.8 Å². The van der Waals surface area contributed by atoms with Crippen molar-refractivity contribution in [1.82, 2.24) is 9.88 Å². The topological polar surface area (TPSA) is 57.6 Å². The van der Waals surface area contributed by atoms with Gasteiger partial charge in [0.2, 0.25) is 0 Å². The molecule has 168 valence electrons. The van der Waals surface area contributed by atoms with Crippen molar-refractivity contribution in [3.05, 3.63) is 60.2 Å². The summed E-state index contributed by atoms with van der Waals surface area (Å²) in [6, 6.07) is 18.4. The summed E-state index contributed by atoms with van der Waals surface area (Å²) in [5, 5.41) is 14.0. The van der Waals surface area contributed by atoms with Crippen molar-refractivity contribution in [3.63, 3.8) is 0 Å². The standard InChI is InChI=1S/C26H31N3O2S/c1-19-4-9-25(30)23(16-19)24-17-21(20-5-7-22(32-2)8-6-20)18-26(28-24)27-10-3-11-29-12-14-31-15-13-29/h4-9,16-18,30H,3,10-15H2,1-2H3,(H,27,28). The molecule has 0 spiro atoms. The molecule has 0 saturated carbocycles. The van der Waals surface area contributed by atoms with Crippen LogP contribution in [0, 0.1) is 6.92 Å². The maximum atomic E-state index is 10.5. The highest BCUT2D eigenvalue weighted by Gasteiger charge is 2.12. The number of aromatic nitrogens is 1. The van der Waals surface area contributed by atoms with Crippen LogP contribution in [0.15, 0.2) is 59.5 Å². The molecule has 2 aromatic carbocycles. The zero-order valence-corrected chi connectivity index (χ0v) is 19.6. The Balaban J connectivity index is 1.57. The Labute approximate surface area is 194 Å². The number of nitrogens with one attached hydrogen (secondary N) is 1. The van der Waals surface area contributed by atoms with E-state index in [0.717, 1.165) is 79.6 Å². The molecule has 5 nitrogen and oxygen atoms in total. The summed E-state index contributed by atoms with van der Waals surface area (Å²) in [7, 11) is 0. The molecule has 0 atom stereocenters. The van der Waals surface area contributed by atoms with Crippen LogP contribution in [0.1, 0.15) is 12.0 Å². The number of hydrogen-bond acceptors (Lipinski definition) is 6. The lowest BCUT2D eigenvalue weighted by molar-refractivity contribution is 0.0378. The van der Waals surface area contributed by atoms with Crippen molar-refractivity contribution in [2.24, 2.45) is 0 Å². The summed E-state index contributed by atoms with van der Waals surface area (Å²) in [6.45, 7) is 7.60. The quantitative estimate of drug-likeness (QED) is 0.360. The highest BCUT2D eigenvalue weighted by Crippen LogP contribution is 2.33. The molecule has 0 amide bonds. The van der Waals surface area contributed by atoms with Crippen LogP contribution in [0.5, 0.6) is 5.75 Å². The van der Waals surface area contributed by atoms with Crippen LogP contribution in [-0.2, 0) is 4.74 Å². The third-order valence-electron chi connectivity index (χ3n) is 5.74. The van der Waals surface area contributed by atoms with Crippen molar-refractivity contribution >= 4 is 17.6 Å². The number of pyridine rings is 1. The van der Waals surface area contributed by atoms with Crippen LogP contribution in [0.2, 0.25) is 0 Å². The molecule has 0 aliphatic carbocycles. The maximum absolute atomic E-state index is 10.5. The van der Waals surface area contributed by atoms with Gasteiger partial charge in [0.1, 0.15) is 11.6 Å². The van der Waals surface area contributed by atoms with Gasteiger partial charge in [0, 0.05) is 30.1 Å². The monoisotopic (exact) mass is 449 g/mol. The number of rotatable bonds is 8. The minimum absolute atomic E-state index is 0.247. The molecule has 0 bridgehead atoms. The number of morpholine rings is 1. The van der Waals surface area contributed by atoms with E-state index in [-0.39, 0.29) is 5.75 Å². The van der Waals surface area contributed by atoms with Gasteiger partial charge in [-0.3, -0.25) is 4.90 Å². The van der Waals surface area contributed by atoms with Crippen molar-refractivity contribution in [1.29, 1.82) is 0 Å². The molecule has 3 aromatic rings. The van der Waals surface area contributed by atoms with E-state index in [4.69, 9.17) is 9.72 Å². The number of benzene rings is 2. The molecule has 1 saturated heterocycles. The number of phenolic OH excluding ortho intramolecular Hbond substituents is 1. The van der Waals surface area contributed by atoms with E-state index in [1.54, 1.807) is 17.8 Å². The summed E-state index contributed by atoms with van der Waals surface area (Å²) in [4.78, 5) is 8.52. The van der Waals surface area contributed by atoms with E-state index in [2.05, 4.69) is 52.9 Å². The molecule has 2 heterocycles. The lowest BCUT2D eigenvalue weighted by atomic mass is 10.0. The molecule has 1 fully saturated rings. The van der Waals surface area contributed by atoms with Gasteiger partial charge in [-0.2, -0.15) is 0 Å². The highest BCUT2D eigenvalue weighted by molar-refractivity contribution is 7.98. The van der Waals surface area contributed by atoms with E-state index in [1.807, 2.05) is 19.1 Å². The first kappa shape index (κ1) is 22.6. The first-order valence-electron chi connectivity index (χ1n) is 11.1. The molecule has 0 radical (unpaired) electrons. The van der Waals surface area contributed by atoms with E-state index in [1.165, 1.54) is 4.90 Å². The van der Waals surface area contributed by atoms with Crippen molar-refractivity contribution < 1.29 is 9.84 Å². The van der Waals surface area contributed by atoms with Crippen molar-refractivity contribution in [2.75, 3.05) is 51.0 Å². The van der Waals surface area contributed by atoms with Gasteiger partial charge < -0.3 is 15.2 Å². The smallest absolute Gasteiger partial charge is 0.127 e. The van der Waals surface area contributed by atoms with Gasteiger partial charge in [0.15, 0.2) is 0 Å². The number of anilines is 1. The Bertz CT molecular complexity index is 1030. The Kier molecular flexibility index (Phi) is 7.68. The average molecular weight is 450 g/mol. The van der Waals surface area contributed by atoms with Gasteiger partial charge in [0.25, 0.3) is 0 Å². The molecule has 2 N–H and O–H groups in total. The Morgan fingerprint density at radius 3 is 2.56 bits per heavy atom. The summed E-state index contributed by atoms with van der Waals surface area (Å²) >= 11 is 1.74. The lowest BCUT2D eigenvalue weighted by Crippen LogP contribution is -2.37. The molecule has 1 aliphatic heterocycles. The van der Waals surface area contributed by atoms with Crippen LogP contribution < -0.4 is 5.32 Å². The zero-order chi connectivity index (χ0) is 22.3. The second kappa shape index (κ2) is 10.9. The first-order valence-corrected chi connectivity index (χ1v) is 12.4. The third kappa shape index (κ3) is 5.82. The SMILES string of the molecule is CSc1ccc(-c2cc(NCCCN3CCOCC3)nc(-c3cc(C)ccc3O)c2)cc1. The molecular weight excluding hydrogens is 418 g/mol. The summed E-state index contributed by atoms with van der Waals surface area (Å²) < 4.78 is 5.43. The Hall–Kier alpha value is -2.54. The van der Waals surface area contributed by atoms with Crippen LogP contribution in [-0.4, -0.2) is 60.6 Å². The van der Waals surface area contributed by atoms with Gasteiger partial charge in [0.05, 0.1) is 18.9 Å². The van der Waals surface area contributed by atoms with Gasteiger partial charge >= 0.3 is 0 Å². The summed E-state index contributed by atoms with van der Waals surface area (Å²) in [5.74, 6) is 1.07. The predicted molar refractivity (Wildman–Crippen MR) is 134 cm³/mol. The molecule has 1 aromatic heterocycles. The predicted octanol–water partition coefficient (Wildman–Crippen LogP) is 5.29. The fourth-order valence-electron chi connectivity index (χ4n) is 3.91. The first-order chi connectivity index (χ1) is 15.6. The van der Waals surface area contributed by atoms with Crippen LogP contribution in [0.3, 0.4) is 0 Å². The number of aryl methyl sites for hydroxylation is 1. The number of phenols is 1. The molecule has 32 heavy (non-hydrogen) atoms. The van der Waals surface area contributed by atoms with Crippen LogP contribution in [0.25, 0.3) is 22.4 Å². The summed E-state index contributed by atoms with van der Waals surface area (Å²) in [6.07, 6.45) is 3.12. The number of nitrogens with zero attached hydrogens (tertiary/aromatic N) is 2. The number of ether oxygens (including phenoxy) is 1. The Morgan fingerprint density at radius 1 is 1.03 bits per heavy atom. The van der Waals surface area contributed by atoms with Gasteiger partial charge in [-0.05, 0) is 73.7 Å². The molecule has 1 aliphatic rings. The minimum atomic E-state index is 0.247. The third-order valence-corrected chi connectivity index (χ3v) is 6.48. The lowest BCUT2D eigenvalue weighted by Gasteiger charge is -2.26. The zero-order valence-electron chi connectivity index (χ0n) is 18.8. The van der Waals surface area contributed by atoms with Crippen LogP contribution in [0.4, 0.5) is 5.82 Å². The number of aromatic hydroxyl groups is 1. The number of thioether (sulfide) groups is 1. The van der Waals surface area contributed by atoms with Crippen molar-refractivity contribution in [2.45, 2.75) is 18.2 Å². The largest absolute Gasteiger partial charge is 0.507 e. The van der Waals surface area contributed by atoms with E-state index >= 15 is 0 Å². The number of hydrogen-bond donors (Lipinski definition) is 2. The summed E-state index contributed by atoms with van der Waals surface area (Å²) in [5.41, 5.74) is 4.83. The molecule has 4 rings (SSSR count). The average Bonchev–Trinajstić information content (AvgIpc) is 2.84. The van der Waals surface area contributed by atoms with Gasteiger partial charge in [-0.25, -0.2) is 4.98 Å². The van der Waals surface area contributed by atoms with Crippen molar-refractivity contribution in [3.8, 4) is 28.1 Å².